The fourth-order valence-electron chi connectivity index (χ4n) is 1.41. The number of hydrogen-bond acceptors (Lipinski definition) is 4. The van der Waals surface area contributed by atoms with Gasteiger partial charge in [0.2, 0.25) is 5.88 Å². The lowest BCUT2D eigenvalue weighted by Gasteiger charge is -1.97. The third-order valence-electron chi connectivity index (χ3n) is 2.07. The third kappa shape index (κ3) is 1.04. The summed E-state index contributed by atoms with van der Waals surface area (Å²) in [7, 11) is 0. The smallest absolute Gasteiger partial charge is 0.246 e. The molecule has 0 N–H and O–H groups in total. The van der Waals surface area contributed by atoms with Gasteiger partial charge in [-0.15, -0.1) is 0 Å². The number of fused-ring (bicyclic) bond motifs is 2. The van der Waals surface area contributed by atoms with Gasteiger partial charge in [0.05, 0.1) is 12.8 Å². The molecule has 0 aliphatic carbocycles. The Morgan fingerprint density at radius 1 is 1.36 bits per heavy atom. The maximum absolute atomic E-state index is 5.30. The van der Waals surface area contributed by atoms with Crippen molar-refractivity contribution in [3.8, 4) is 5.88 Å². The number of nitrogens with zero attached hydrogens (tertiary/aromatic N) is 3. The maximum Gasteiger partial charge on any atom is 0.246 e. The first-order valence-electron chi connectivity index (χ1n) is 4.35. The van der Waals surface area contributed by atoms with Gasteiger partial charge in [-0.1, -0.05) is 0 Å². The molecule has 0 saturated heterocycles. The quantitative estimate of drug-likeness (QED) is 0.580. The van der Waals surface area contributed by atoms with Gasteiger partial charge in [0.1, 0.15) is 5.36 Å². The summed E-state index contributed by atoms with van der Waals surface area (Å²) in [6.45, 7) is 0.633. The lowest BCUT2D eigenvalue weighted by Crippen LogP contribution is -2.18. The molecule has 0 unspecified atom stereocenters. The highest BCUT2D eigenvalue weighted by Gasteiger charge is 2.07. The largest absolute Gasteiger partial charge is 0.445 e. The Morgan fingerprint density at radius 2 is 2.36 bits per heavy atom. The van der Waals surface area contributed by atoms with Gasteiger partial charge in [-0.05, 0) is 18.2 Å². The summed E-state index contributed by atoms with van der Waals surface area (Å²) in [4.78, 5) is 12.7. The topological polar surface area (TPSA) is 46.8 Å². The van der Waals surface area contributed by atoms with Crippen LogP contribution < -0.4 is 15.6 Å². The predicted molar refractivity (Wildman–Crippen MR) is 50.2 cm³/mol. The van der Waals surface area contributed by atoms with E-state index < -0.39 is 0 Å². The molecule has 1 aromatic heterocycles. The van der Waals surface area contributed by atoms with Crippen LogP contribution in [0.1, 0.15) is 5.56 Å². The van der Waals surface area contributed by atoms with Gasteiger partial charge >= 0.3 is 0 Å². The molecule has 14 heavy (non-hydrogen) atoms. The minimum absolute atomic E-state index is 0.532. The van der Waals surface area contributed by atoms with Crippen LogP contribution in [0, 0.1) is 0 Å². The molecular weight excluding hydrogens is 178 g/mol. The van der Waals surface area contributed by atoms with Gasteiger partial charge in [0, 0.05) is 11.8 Å². The van der Waals surface area contributed by atoms with Crippen LogP contribution >= 0.6 is 0 Å². The van der Waals surface area contributed by atoms with Crippen molar-refractivity contribution in [2.75, 3.05) is 6.54 Å². The zero-order chi connectivity index (χ0) is 9.38. The molecule has 0 saturated carbocycles. The van der Waals surface area contributed by atoms with Gasteiger partial charge < -0.3 is 4.74 Å². The third-order valence-corrected chi connectivity index (χ3v) is 2.07. The number of pyridine rings is 1. The summed E-state index contributed by atoms with van der Waals surface area (Å²) in [6.07, 6.45) is 7.10. The van der Waals surface area contributed by atoms with Crippen molar-refractivity contribution in [1.29, 1.82) is 0 Å². The average Bonchev–Trinajstić information content (AvgIpc) is 2.51. The predicted octanol–water partition coefficient (Wildman–Crippen LogP) is 0.211. The molecule has 0 aromatic carbocycles. The van der Waals surface area contributed by atoms with Gasteiger partial charge in [0.15, 0.2) is 5.49 Å². The second-order valence-electron chi connectivity index (χ2n) is 3.00. The lowest BCUT2D eigenvalue weighted by atomic mass is 10.3. The van der Waals surface area contributed by atoms with E-state index in [0.717, 1.165) is 10.9 Å². The van der Waals surface area contributed by atoms with Crippen molar-refractivity contribution in [3.05, 3.63) is 41.0 Å². The summed E-state index contributed by atoms with van der Waals surface area (Å²) < 4.78 is 5.30. The first-order valence-corrected chi connectivity index (χ1v) is 4.35. The molecule has 68 valence electrons. The molecule has 3 heterocycles. The zero-order valence-corrected chi connectivity index (χ0v) is 7.34. The van der Waals surface area contributed by atoms with Crippen LogP contribution in [0.4, 0.5) is 0 Å². The summed E-state index contributed by atoms with van der Waals surface area (Å²) in [5, 5.41) is 0.788. The average molecular weight is 185 g/mol. The Kier molecular flexibility index (Phi) is 1.47. The second kappa shape index (κ2) is 2.77. The highest BCUT2D eigenvalue weighted by molar-refractivity contribution is 5.50. The van der Waals surface area contributed by atoms with Crippen LogP contribution in [0.2, 0.25) is 0 Å². The zero-order valence-electron chi connectivity index (χ0n) is 7.34. The normalized spacial score (nSPS) is 16.0. The minimum Gasteiger partial charge on any atom is -0.445 e. The molecule has 0 fully saturated rings. The first-order chi connectivity index (χ1) is 6.93. The van der Waals surface area contributed by atoms with E-state index in [-0.39, 0.29) is 0 Å². The fraction of sp³-hybridized carbons (Fsp3) is 0.100. The van der Waals surface area contributed by atoms with Crippen LogP contribution in [-0.4, -0.2) is 11.5 Å². The molecule has 3 rings (SSSR count). The Balaban J connectivity index is 2.32. The van der Waals surface area contributed by atoms with Crippen molar-refractivity contribution in [2.45, 2.75) is 0 Å². The molecule has 4 nitrogen and oxygen atoms in total. The Bertz CT molecular complexity index is 557. The summed E-state index contributed by atoms with van der Waals surface area (Å²) in [6, 6.07) is 1.94. The highest BCUT2D eigenvalue weighted by atomic mass is 16.5. The SMILES string of the molecule is C1=COc2nc3c(cc2=NC1)C=CN=3. The molecule has 4 heteroatoms. The first kappa shape index (κ1) is 7.44. The van der Waals surface area contributed by atoms with Crippen molar-refractivity contribution in [3.63, 3.8) is 0 Å². The van der Waals surface area contributed by atoms with Gasteiger partial charge in [-0.3, -0.25) is 4.99 Å². The van der Waals surface area contributed by atoms with E-state index in [1.54, 1.807) is 12.5 Å². The van der Waals surface area contributed by atoms with Gasteiger partial charge in [-0.25, -0.2) is 4.99 Å². The molecular formula is C10H7N3O. The van der Waals surface area contributed by atoms with E-state index in [0.29, 0.717) is 17.9 Å². The highest BCUT2D eigenvalue weighted by Crippen LogP contribution is 2.04. The minimum atomic E-state index is 0.532. The van der Waals surface area contributed by atoms with Crippen LogP contribution in [0.3, 0.4) is 0 Å². The van der Waals surface area contributed by atoms with E-state index in [1.807, 2.05) is 18.2 Å². The van der Waals surface area contributed by atoms with Crippen LogP contribution in [0.25, 0.3) is 6.08 Å². The van der Waals surface area contributed by atoms with E-state index in [1.165, 1.54) is 0 Å². The number of aromatic nitrogens is 1. The Morgan fingerprint density at radius 3 is 3.36 bits per heavy atom. The molecule has 0 radical (unpaired) electrons. The lowest BCUT2D eigenvalue weighted by molar-refractivity contribution is 0.455. The van der Waals surface area contributed by atoms with E-state index in [9.17, 15) is 0 Å². The van der Waals surface area contributed by atoms with Crippen LogP contribution in [0.5, 0.6) is 5.88 Å². The summed E-state index contributed by atoms with van der Waals surface area (Å²) >= 11 is 0. The number of ether oxygens (including phenoxy) is 1. The van der Waals surface area contributed by atoms with E-state index in [4.69, 9.17) is 4.74 Å². The number of rotatable bonds is 0. The molecule has 0 bridgehead atoms. The summed E-state index contributed by atoms with van der Waals surface area (Å²) in [5.74, 6) is 0.532. The van der Waals surface area contributed by atoms with Gasteiger partial charge in [-0.2, -0.15) is 4.98 Å². The Labute approximate surface area is 80.0 Å². The molecule has 1 aromatic rings. The Hall–Kier alpha value is -1.97. The molecule has 0 atom stereocenters. The van der Waals surface area contributed by atoms with Gasteiger partial charge in [0.25, 0.3) is 0 Å². The molecule has 2 aliphatic rings. The van der Waals surface area contributed by atoms with Crippen molar-refractivity contribution >= 4 is 6.08 Å². The van der Waals surface area contributed by atoms with Crippen molar-refractivity contribution < 1.29 is 4.74 Å². The summed E-state index contributed by atoms with van der Waals surface area (Å²) in [5.41, 5.74) is 1.70. The van der Waals surface area contributed by atoms with E-state index in [2.05, 4.69) is 15.0 Å². The van der Waals surface area contributed by atoms with E-state index >= 15 is 0 Å². The monoisotopic (exact) mass is 185 g/mol. The van der Waals surface area contributed by atoms with Crippen molar-refractivity contribution in [1.82, 2.24) is 4.98 Å². The molecule has 0 amide bonds. The van der Waals surface area contributed by atoms with Crippen molar-refractivity contribution in [2.24, 2.45) is 9.98 Å². The number of hydrogen-bond donors (Lipinski definition) is 0. The van der Waals surface area contributed by atoms with Crippen LogP contribution in [0.15, 0.2) is 34.6 Å². The molecule has 0 spiro atoms. The molecule has 2 aliphatic heterocycles. The van der Waals surface area contributed by atoms with Crippen LogP contribution in [-0.2, 0) is 0 Å². The fourth-order valence-corrected chi connectivity index (χ4v) is 1.41. The second-order valence-corrected chi connectivity index (χ2v) is 3.00. The standard InChI is InChI=1S/C10H7N3O/c1-3-11-8-6-7-2-4-12-9(7)13-10(8)14-5-1/h1-2,4-6H,3H2. The maximum atomic E-state index is 5.30.